The lowest BCUT2D eigenvalue weighted by atomic mass is 10.2. The summed E-state index contributed by atoms with van der Waals surface area (Å²) in [5.74, 6) is 2.39. The first-order valence-electron chi connectivity index (χ1n) is 5.56. The Morgan fingerprint density at radius 3 is 2.78 bits per heavy atom. The smallest absolute Gasteiger partial charge is 0.131 e. The molecule has 5 heteroatoms. The van der Waals surface area contributed by atoms with Gasteiger partial charge >= 0.3 is 0 Å². The van der Waals surface area contributed by atoms with Crippen LogP contribution in [0.4, 0.5) is 5.82 Å². The molecule has 0 saturated heterocycles. The molecule has 0 bridgehead atoms. The molecule has 4 nitrogen and oxygen atoms in total. The molecule has 18 heavy (non-hydrogen) atoms. The van der Waals surface area contributed by atoms with Gasteiger partial charge in [0.1, 0.15) is 22.0 Å². The van der Waals surface area contributed by atoms with Gasteiger partial charge in [-0.05, 0) is 28.9 Å². The number of anilines is 1. The highest BCUT2D eigenvalue weighted by Crippen LogP contribution is 2.19. The summed E-state index contributed by atoms with van der Waals surface area (Å²) >= 11 is 3.35. The lowest BCUT2D eigenvalue weighted by Gasteiger charge is -2.10. The second kappa shape index (κ2) is 5.82. The highest BCUT2D eigenvalue weighted by molar-refractivity contribution is 9.10. The molecule has 2 aromatic rings. The van der Waals surface area contributed by atoms with E-state index in [2.05, 4.69) is 31.2 Å². The number of halogens is 1. The molecule has 1 heterocycles. The van der Waals surface area contributed by atoms with Crippen LogP contribution in [0.25, 0.3) is 0 Å². The zero-order valence-corrected chi connectivity index (χ0v) is 11.9. The quantitative estimate of drug-likeness (QED) is 0.881. The number of benzene rings is 1. The second-order valence-corrected chi connectivity index (χ2v) is 4.60. The molecular weight excluding hydrogens is 294 g/mol. The van der Waals surface area contributed by atoms with E-state index in [-0.39, 0.29) is 0 Å². The number of hydrogen-bond donors (Lipinski definition) is 1. The molecule has 1 aromatic carbocycles. The zero-order valence-electron chi connectivity index (χ0n) is 10.3. The number of ether oxygens (including phenoxy) is 1. The van der Waals surface area contributed by atoms with Crippen LogP contribution in [0.2, 0.25) is 0 Å². The normalized spacial score (nSPS) is 10.2. The Bertz CT molecular complexity index is 525. The van der Waals surface area contributed by atoms with Crippen molar-refractivity contribution in [3.05, 3.63) is 46.3 Å². The summed E-state index contributed by atoms with van der Waals surface area (Å²) in [4.78, 5) is 8.48. The fourth-order valence-corrected chi connectivity index (χ4v) is 2.13. The predicted molar refractivity (Wildman–Crippen MR) is 74.8 cm³/mol. The van der Waals surface area contributed by atoms with Gasteiger partial charge in [0.15, 0.2) is 0 Å². The molecule has 1 aromatic heterocycles. The van der Waals surface area contributed by atoms with Gasteiger partial charge in [-0.3, -0.25) is 0 Å². The summed E-state index contributed by atoms with van der Waals surface area (Å²) in [6.07, 6.45) is 0. The van der Waals surface area contributed by atoms with Crippen molar-refractivity contribution in [3.63, 3.8) is 0 Å². The average molecular weight is 308 g/mol. The number of rotatable bonds is 4. The molecule has 0 saturated carbocycles. The van der Waals surface area contributed by atoms with E-state index in [1.54, 1.807) is 7.11 Å². The molecule has 2 rings (SSSR count). The molecular formula is C13H14BrN3O. The van der Waals surface area contributed by atoms with E-state index in [0.717, 1.165) is 27.6 Å². The van der Waals surface area contributed by atoms with Gasteiger partial charge in [-0.1, -0.05) is 18.2 Å². The van der Waals surface area contributed by atoms with Gasteiger partial charge in [0, 0.05) is 18.2 Å². The zero-order chi connectivity index (χ0) is 13.0. The van der Waals surface area contributed by atoms with Crippen LogP contribution in [0, 0.1) is 6.92 Å². The summed E-state index contributed by atoms with van der Waals surface area (Å²) in [7, 11) is 1.67. The topological polar surface area (TPSA) is 47.0 Å². The first-order valence-corrected chi connectivity index (χ1v) is 6.35. The number of aromatic nitrogens is 2. The van der Waals surface area contributed by atoms with Crippen LogP contribution in [0.15, 0.2) is 34.9 Å². The maximum atomic E-state index is 5.30. The van der Waals surface area contributed by atoms with Crippen LogP contribution in [0.5, 0.6) is 5.75 Å². The van der Waals surface area contributed by atoms with Crippen LogP contribution in [0.1, 0.15) is 11.4 Å². The molecule has 0 unspecified atom stereocenters. The molecule has 1 N–H and O–H groups in total. The molecule has 94 valence electrons. The van der Waals surface area contributed by atoms with Crippen LogP contribution < -0.4 is 10.1 Å². The number of para-hydroxylation sites is 1. The van der Waals surface area contributed by atoms with E-state index in [9.17, 15) is 0 Å². The highest BCUT2D eigenvalue weighted by atomic mass is 79.9. The van der Waals surface area contributed by atoms with Crippen molar-refractivity contribution in [1.82, 2.24) is 9.97 Å². The SMILES string of the molecule is COc1ccccc1CNc1cc(Br)nc(C)n1. The Balaban J connectivity index is 2.11. The van der Waals surface area contributed by atoms with Crippen molar-refractivity contribution in [2.45, 2.75) is 13.5 Å². The fraction of sp³-hybridized carbons (Fsp3) is 0.231. The maximum absolute atomic E-state index is 5.30. The molecule has 0 aliphatic heterocycles. The summed E-state index contributed by atoms with van der Waals surface area (Å²) < 4.78 is 6.07. The minimum atomic E-state index is 0.660. The molecule has 0 amide bonds. The van der Waals surface area contributed by atoms with Crippen molar-refractivity contribution >= 4 is 21.7 Å². The van der Waals surface area contributed by atoms with Crippen molar-refractivity contribution < 1.29 is 4.74 Å². The van der Waals surface area contributed by atoms with Gasteiger partial charge in [0.2, 0.25) is 0 Å². The van der Waals surface area contributed by atoms with Crippen LogP contribution in [-0.4, -0.2) is 17.1 Å². The van der Waals surface area contributed by atoms with Crippen molar-refractivity contribution in [2.75, 3.05) is 12.4 Å². The van der Waals surface area contributed by atoms with Crippen LogP contribution in [0.3, 0.4) is 0 Å². The van der Waals surface area contributed by atoms with Crippen molar-refractivity contribution in [3.8, 4) is 5.75 Å². The third kappa shape index (κ3) is 3.20. The molecule has 0 spiro atoms. The molecule has 0 radical (unpaired) electrons. The van der Waals surface area contributed by atoms with E-state index in [4.69, 9.17) is 4.74 Å². The minimum absolute atomic E-state index is 0.660. The number of methoxy groups -OCH3 is 1. The summed E-state index contributed by atoms with van der Waals surface area (Å²) in [5.41, 5.74) is 1.09. The van der Waals surface area contributed by atoms with E-state index >= 15 is 0 Å². The maximum Gasteiger partial charge on any atom is 0.131 e. The summed E-state index contributed by atoms with van der Waals surface area (Å²) in [5, 5.41) is 3.26. The third-order valence-corrected chi connectivity index (χ3v) is 2.87. The average Bonchev–Trinajstić information content (AvgIpc) is 2.35. The Morgan fingerprint density at radius 1 is 1.28 bits per heavy atom. The fourth-order valence-electron chi connectivity index (χ4n) is 1.66. The Morgan fingerprint density at radius 2 is 2.06 bits per heavy atom. The predicted octanol–water partition coefficient (Wildman–Crippen LogP) is 3.17. The first-order chi connectivity index (χ1) is 8.69. The van der Waals surface area contributed by atoms with Gasteiger partial charge < -0.3 is 10.1 Å². The van der Waals surface area contributed by atoms with Gasteiger partial charge in [0.05, 0.1) is 7.11 Å². The monoisotopic (exact) mass is 307 g/mol. The Hall–Kier alpha value is -1.62. The third-order valence-electron chi connectivity index (χ3n) is 2.46. The molecule has 0 fully saturated rings. The number of aryl methyl sites for hydroxylation is 1. The van der Waals surface area contributed by atoms with Crippen molar-refractivity contribution in [1.29, 1.82) is 0 Å². The number of hydrogen-bond acceptors (Lipinski definition) is 4. The minimum Gasteiger partial charge on any atom is -0.496 e. The van der Waals surface area contributed by atoms with E-state index < -0.39 is 0 Å². The van der Waals surface area contributed by atoms with Crippen molar-refractivity contribution in [2.24, 2.45) is 0 Å². The van der Waals surface area contributed by atoms with Gasteiger partial charge in [0.25, 0.3) is 0 Å². The lowest BCUT2D eigenvalue weighted by Crippen LogP contribution is -2.04. The number of nitrogens with one attached hydrogen (secondary N) is 1. The second-order valence-electron chi connectivity index (χ2n) is 3.79. The Kier molecular flexibility index (Phi) is 4.15. The van der Waals surface area contributed by atoms with Crippen LogP contribution >= 0.6 is 15.9 Å². The summed E-state index contributed by atoms with van der Waals surface area (Å²) in [6.45, 7) is 2.52. The lowest BCUT2D eigenvalue weighted by molar-refractivity contribution is 0.410. The van der Waals surface area contributed by atoms with Gasteiger partial charge in [-0.25, -0.2) is 9.97 Å². The Labute approximate surface area is 115 Å². The van der Waals surface area contributed by atoms with Gasteiger partial charge in [-0.15, -0.1) is 0 Å². The van der Waals surface area contributed by atoms with E-state index in [1.807, 2.05) is 37.3 Å². The molecule has 0 aliphatic carbocycles. The standard InChI is InChI=1S/C13H14BrN3O/c1-9-16-12(14)7-13(17-9)15-8-10-5-3-4-6-11(10)18-2/h3-7H,8H2,1-2H3,(H,15,16,17). The van der Waals surface area contributed by atoms with Crippen LogP contribution in [-0.2, 0) is 6.54 Å². The largest absolute Gasteiger partial charge is 0.496 e. The molecule has 0 aliphatic rings. The van der Waals surface area contributed by atoms with Gasteiger partial charge in [-0.2, -0.15) is 0 Å². The number of nitrogens with zero attached hydrogens (tertiary/aromatic N) is 2. The highest BCUT2D eigenvalue weighted by Gasteiger charge is 2.03. The first kappa shape index (κ1) is 12.8. The van der Waals surface area contributed by atoms with E-state index in [0.29, 0.717) is 6.54 Å². The van der Waals surface area contributed by atoms with E-state index in [1.165, 1.54) is 0 Å². The summed E-state index contributed by atoms with van der Waals surface area (Å²) in [6, 6.07) is 9.75. The molecule has 0 atom stereocenters.